The Bertz CT molecular complexity index is 559. The average Bonchev–Trinajstić information content (AvgIpc) is 3.26. The summed E-state index contributed by atoms with van der Waals surface area (Å²) in [5, 5.41) is 3.47. The van der Waals surface area contributed by atoms with Crippen molar-refractivity contribution in [3.8, 4) is 0 Å². The van der Waals surface area contributed by atoms with Crippen LogP contribution in [0.1, 0.15) is 31.2 Å². The highest BCUT2D eigenvalue weighted by Gasteiger charge is 2.53. The van der Waals surface area contributed by atoms with Gasteiger partial charge in [-0.3, -0.25) is 4.79 Å². The van der Waals surface area contributed by atoms with Gasteiger partial charge in [0, 0.05) is 13.1 Å². The van der Waals surface area contributed by atoms with Gasteiger partial charge in [-0.25, -0.2) is 4.39 Å². The van der Waals surface area contributed by atoms with Gasteiger partial charge in [0.1, 0.15) is 5.82 Å². The second-order valence-corrected chi connectivity index (χ2v) is 7.14. The number of carbonyl (C=O) groups is 1. The van der Waals surface area contributed by atoms with E-state index in [-0.39, 0.29) is 29.5 Å². The molecule has 1 amide bonds. The number of carbonyl (C=O) groups excluding carboxylic acids is 1. The maximum atomic E-state index is 13.1. The highest BCUT2D eigenvalue weighted by Crippen LogP contribution is 2.50. The molecule has 0 radical (unpaired) electrons. The summed E-state index contributed by atoms with van der Waals surface area (Å²) in [4.78, 5) is 15.1. The number of nitrogens with one attached hydrogen (secondary N) is 1. The van der Waals surface area contributed by atoms with Crippen LogP contribution in [0.3, 0.4) is 0 Å². The third-order valence-corrected chi connectivity index (χ3v) is 5.86. The molecule has 2 atom stereocenters. The smallest absolute Gasteiger partial charge is 0.233 e. The van der Waals surface area contributed by atoms with Crippen molar-refractivity contribution in [1.82, 2.24) is 10.2 Å². The second kappa shape index (κ2) is 6.40. The Morgan fingerprint density at radius 2 is 1.65 bits per heavy atom. The van der Waals surface area contributed by atoms with Crippen molar-refractivity contribution in [3.05, 3.63) is 35.6 Å². The van der Waals surface area contributed by atoms with Gasteiger partial charge in [-0.1, -0.05) is 12.1 Å². The van der Waals surface area contributed by atoms with Crippen LogP contribution in [0.4, 0.5) is 4.39 Å². The van der Waals surface area contributed by atoms with E-state index in [1.165, 1.54) is 12.1 Å². The highest BCUT2D eigenvalue weighted by atomic mass is 35.5. The molecule has 1 saturated carbocycles. The molecule has 0 aromatic heterocycles. The molecular weight excluding hydrogens is 315 g/mol. The summed E-state index contributed by atoms with van der Waals surface area (Å²) >= 11 is 0. The van der Waals surface area contributed by atoms with Crippen molar-refractivity contribution in [2.24, 2.45) is 11.8 Å². The standard InChI is InChI=1S/C18H23FN2O.ClH/c19-16-3-1-15(2-4-16)18(7-8-18)17(22)21-9-5-13-11-20-12-14(13)6-10-21;/h1-4,13-14,20H,5-12H2;1H/t13-,14+;. The Labute approximate surface area is 143 Å². The van der Waals surface area contributed by atoms with Crippen molar-refractivity contribution >= 4 is 18.3 Å². The molecule has 0 bridgehead atoms. The van der Waals surface area contributed by atoms with E-state index < -0.39 is 0 Å². The largest absolute Gasteiger partial charge is 0.342 e. The van der Waals surface area contributed by atoms with E-state index in [9.17, 15) is 9.18 Å². The molecular formula is C18H24ClFN2O. The minimum atomic E-state index is -0.356. The Morgan fingerprint density at radius 1 is 1.09 bits per heavy atom. The minimum absolute atomic E-state index is 0. The zero-order valence-electron chi connectivity index (χ0n) is 13.3. The molecule has 2 aliphatic heterocycles. The van der Waals surface area contributed by atoms with E-state index in [0.717, 1.165) is 69.3 Å². The lowest BCUT2D eigenvalue weighted by molar-refractivity contribution is -0.134. The number of nitrogens with zero attached hydrogens (tertiary/aromatic N) is 1. The first-order valence-electron chi connectivity index (χ1n) is 8.45. The lowest BCUT2D eigenvalue weighted by atomic mass is 9.92. The summed E-state index contributed by atoms with van der Waals surface area (Å²) in [5.41, 5.74) is 0.635. The number of likely N-dealkylation sites (tertiary alicyclic amines) is 1. The summed E-state index contributed by atoms with van der Waals surface area (Å²) in [7, 11) is 0. The average molecular weight is 339 g/mol. The molecule has 5 heteroatoms. The van der Waals surface area contributed by atoms with Gasteiger partial charge in [-0.15, -0.1) is 12.4 Å². The molecule has 3 fully saturated rings. The molecule has 126 valence electrons. The van der Waals surface area contributed by atoms with Crippen LogP contribution in [0.5, 0.6) is 0 Å². The van der Waals surface area contributed by atoms with Gasteiger partial charge in [-0.2, -0.15) is 0 Å². The molecule has 3 nitrogen and oxygen atoms in total. The predicted molar refractivity (Wildman–Crippen MR) is 90.2 cm³/mol. The number of fused-ring (bicyclic) bond motifs is 1. The molecule has 2 heterocycles. The SMILES string of the molecule is Cl.O=C(N1CC[C@@H]2CNC[C@@H]2CC1)C1(c2ccc(F)cc2)CC1. The van der Waals surface area contributed by atoms with E-state index in [1.54, 1.807) is 12.1 Å². The number of halogens is 2. The summed E-state index contributed by atoms with van der Waals surface area (Å²) in [5.74, 6) is 1.51. The fourth-order valence-corrected chi connectivity index (χ4v) is 4.24. The van der Waals surface area contributed by atoms with Crippen molar-refractivity contribution in [2.75, 3.05) is 26.2 Å². The van der Waals surface area contributed by atoms with Gasteiger partial charge in [0.25, 0.3) is 0 Å². The third-order valence-electron chi connectivity index (χ3n) is 5.86. The first kappa shape index (κ1) is 16.7. The van der Waals surface area contributed by atoms with Crippen LogP contribution >= 0.6 is 12.4 Å². The van der Waals surface area contributed by atoms with Crippen LogP contribution in [0, 0.1) is 17.7 Å². The first-order valence-corrected chi connectivity index (χ1v) is 8.45. The van der Waals surface area contributed by atoms with Crippen LogP contribution < -0.4 is 5.32 Å². The molecule has 0 spiro atoms. The molecule has 1 aromatic carbocycles. The van der Waals surface area contributed by atoms with Crippen LogP contribution in [0.25, 0.3) is 0 Å². The lowest BCUT2D eigenvalue weighted by Gasteiger charge is -2.26. The van der Waals surface area contributed by atoms with E-state index in [4.69, 9.17) is 0 Å². The van der Waals surface area contributed by atoms with Crippen molar-refractivity contribution < 1.29 is 9.18 Å². The first-order chi connectivity index (χ1) is 10.7. The zero-order chi connectivity index (χ0) is 15.2. The monoisotopic (exact) mass is 338 g/mol. The molecule has 4 rings (SSSR count). The number of hydrogen-bond donors (Lipinski definition) is 1. The van der Waals surface area contributed by atoms with Gasteiger partial charge < -0.3 is 10.2 Å². The van der Waals surface area contributed by atoms with Gasteiger partial charge in [0.2, 0.25) is 5.91 Å². The lowest BCUT2D eigenvalue weighted by Crippen LogP contribution is -2.40. The number of benzene rings is 1. The molecule has 0 unspecified atom stereocenters. The normalized spacial score (nSPS) is 28.5. The minimum Gasteiger partial charge on any atom is -0.342 e. The Kier molecular flexibility index (Phi) is 4.65. The van der Waals surface area contributed by atoms with Gasteiger partial charge >= 0.3 is 0 Å². The van der Waals surface area contributed by atoms with Crippen LogP contribution in [0.2, 0.25) is 0 Å². The maximum Gasteiger partial charge on any atom is 0.233 e. The van der Waals surface area contributed by atoms with Crippen LogP contribution in [-0.4, -0.2) is 37.0 Å². The van der Waals surface area contributed by atoms with Gasteiger partial charge in [0.15, 0.2) is 0 Å². The molecule has 1 N–H and O–H groups in total. The van der Waals surface area contributed by atoms with Crippen molar-refractivity contribution in [2.45, 2.75) is 31.1 Å². The number of hydrogen-bond acceptors (Lipinski definition) is 2. The van der Waals surface area contributed by atoms with E-state index >= 15 is 0 Å². The molecule has 1 aromatic rings. The van der Waals surface area contributed by atoms with Crippen molar-refractivity contribution in [3.63, 3.8) is 0 Å². The summed E-state index contributed by atoms with van der Waals surface area (Å²) in [6.45, 7) is 3.97. The molecule has 1 aliphatic carbocycles. The van der Waals surface area contributed by atoms with E-state index in [0.29, 0.717) is 0 Å². The molecule has 23 heavy (non-hydrogen) atoms. The molecule has 2 saturated heterocycles. The van der Waals surface area contributed by atoms with Gasteiger partial charge in [-0.05, 0) is 68.3 Å². The van der Waals surface area contributed by atoms with Crippen molar-refractivity contribution in [1.29, 1.82) is 0 Å². The summed E-state index contributed by atoms with van der Waals surface area (Å²) < 4.78 is 13.1. The quantitative estimate of drug-likeness (QED) is 0.899. The summed E-state index contributed by atoms with van der Waals surface area (Å²) in [6.07, 6.45) is 4.04. The van der Waals surface area contributed by atoms with E-state index in [1.807, 2.05) is 0 Å². The number of amides is 1. The Balaban J connectivity index is 0.00000156. The molecule has 3 aliphatic rings. The van der Waals surface area contributed by atoms with Gasteiger partial charge in [0.05, 0.1) is 5.41 Å². The van der Waals surface area contributed by atoms with Crippen LogP contribution in [-0.2, 0) is 10.2 Å². The highest BCUT2D eigenvalue weighted by molar-refractivity contribution is 5.91. The third kappa shape index (κ3) is 2.99. The second-order valence-electron chi connectivity index (χ2n) is 7.14. The Morgan fingerprint density at radius 3 is 2.17 bits per heavy atom. The Hall–Kier alpha value is -1.13. The fourth-order valence-electron chi connectivity index (χ4n) is 4.24. The topological polar surface area (TPSA) is 32.3 Å². The van der Waals surface area contributed by atoms with Crippen LogP contribution in [0.15, 0.2) is 24.3 Å². The fraction of sp³-hybridized carbons (Fsp3) is 0.611. The maximum absolute atomic E-state index is 13.1. The number of rotatable bonds is 2. The summed E-state index contributed by atoms with van der Waals surface area (Å²) in [6, 6.07) is 6.52. The zero-order valence-corrected chi connectivity index (χ0v) is 14.1. The predicted octanol–water partition coefficient (Wildman–Crippen LogP) is 2.74. The van der Waals surface area contributed by atoms with E-state index in [2.05, 4.69) is 10.2 Å².